The molecular weight excluding hydrogens is 233 g/mol. The first-order chi connectivity index (χ1) is 7.25. The van der Waals surface area contributed by atoms with Crippen LogP contribution in [-0.2, 0) is 23.9 Å². The second-order valence-corrected chi connectivity index (χ2v) is 2.74. The van der Waals surface area contributed by atoms with Crippen LogP contribution in [0.2, 0.25) is 0 Å². The van der Waals surface area contributed by atoms with E-state index in [-0.39, 0.29) is 0 Å². The lowest BCUT2D eigenvalue weighted by molar-refractivity contribution is -0.166. The predicted octanol–water partition coefficient (Wildman–Crippen LogP) is 0.208. The zero-order chi connectivity index (χ0) is 12.9. The van der Waals surface area contributed by atoms with Gasteiger partial charge < -0.3 is 4.74 Å². The molecule has 0 N–H and O–H groups in total. The summed E-state index contributed by atoms with van der Waals surface area (Å²) in [6.45, 7) is 1.00. The molecule has 1 unspecified atom stereocenters. The predicted molar refractivity (Wildman–Crippen MR) is 42.3 cm³/mol. The van der Waals surface area contributed by atoms with Crippen molar-refractivity contribution in [3.8, 4) is 0 Å². The van der Waals surface area contributed by atoms with Crippen LogP contribution in [0.15, 0.2) is 0 Å². The first-order valence-electron chi connectivity index (χ1n) is 3.95. The topological polar surface area (TPSA) is 77.5 Å². The Morgan fingerprint density at radius 3 is 2.00 bits per heavy atom. The number of Topliss-reactive ketones (excluding diaryl/α,β-unsaturated/α-hetero) is 2. The molecule has 0 radical (unpaired) electrons. The lowest BCUT2D eigenvalue weighted by atomic mass is 10.2. The summed E-state index contributed by atoms with van der Waals surface area (Å²) in [5.74, 6) is -6.40. The molecule has 0 amide bonds. The molecule has 0 aromatic rings. The first-order valence-corrected chi connectivity index (χ1v) is 3.95. The molecule has 0 aliphatic rings. The number of hydrogen-bond acceptors (Lipinski definition) is 5. The molecule has 8 heteroatoms. The number of carbonyl (C=O) groups is 4. The van der Waals surface area contributed by atoms with Crippen molar-refractivity contribution < 1.29 is 37.1 Å². The molecule has 0 aliphatic carbocycles. The highest BCUT2D eigenvalue weighted by molar-refractivity contribution is 6.07. The van der Waals surface area contributed by atoms with Gasteiger partial charge in [0.15, 0.2) is 0 Å². The van der Waals surface area contributed by atoms with Gasteiger partial charge in [-0.2, -0.15) is 0 Å². The van der Waals surface area contributed by atoms with Crippen molar-refractivity contribution in [1.29, 1.82) is 0 Å². The van der Waals surface area contributed by atoms with Crippen molar-refractivity contribution >= 4 is 23.5 Å². The number of esters is 2. The lowest BCUT2D eigenvalue weighted by Gasteiger charge is -2.05. The van der Waals surface area contributed by atoms with Crippen LogP contribution in [0.3, 0.4) is 0 Å². The average molecular weight is 240 g/mol. The Hall–Kier alpha value is -1.73. The van der Waals surface area contributed by atoms with E-state index in [2.05, 4.69) is 4.74 Å². The molecule has 0 aromatic heterocycles. The monoisotopic (exact) mass is 240 g/mol. The summed E-state index contributed by atoms with van der Waals surface area (Å²) >= 11 is 0. The summed E-state index contributed by atoms with van der Waals surface area (Å²) in [4.78, 5) is 41.9. The SMILES string of the molecule is CC(=O)CC(=O)OC(=O)C(F)C(=O)C(F)F. The normalized spacial score (nSPS) is 12.1. The van der Waals surface area contributed by atoms with Crippen LogP contribution in [0, 0.1) is 0 Å². The van der Waals surface area contributed by atoms with E-state index in [4.69, 9.17) is 0 Å². The average Bonchev–Trinajstić information content (AvgIpc) is 2.13. The van der Waals surface area contributed by atoms with Crippen molar-refractivity contribution in [2.75, 3.05) is 0 Å². The molecule has 16 heavy (non-hydrogen) atoms. The molecular formula is C8H7F3O5. The Balaban J connectivity index is 4.31. The van der Waals surface area contributed by atoms with Gasteiger partial charge >= 0.3 is 11.9 Å². The Bertz CT molecular complexity index is 326. The van der Waals surface area contributed by atoms with Gasteiger partial charge in [0.1, 0.15) is 12.2 Å². The standard InChI is InChI=1S/C8H7F3O5/c1-3(12)2-4(13)16-8(15)5(9)6(14)7(10)11/h5,7H,2H2,1H3. The maximum atomic E-state index is 12.6. The van der Waals surface area contributed by atoms with Crippen LogP contribution < -0.4 is 0 Å². The summed E-state index contributed by atoms with van der Waals surface area (Å²) in [5.41, 5.74) is 0. The molecule has 0 aromatic carbocycles. The van der Waals surface area contributed by atoms with Crippen molar-refractivity contribution in [3.63, 3.8) is 0 Å². The molecule has 0 rings (SSSR count). The molecule has 0 aliphatic heterocycles. The fourth-order valence-electron chi connectivity index (χ4n) is 0.630. The van der Waals surface area contributed by atoms with Crippen molar-refractivity contribution in [2.45, 2.75) is 25.9 Å². The molecule has 0 heterocycles. The lowest BCUT2D eigenvalue weighted by Crippen LogP contribution is -2.33. The van der Waals surface area contributed by atoms with E-state index in [1.165, 1.54) is 0 Å². The molecule has 5 nitrogen and oxygen atoms in total. The Morgan fingerprint density at radius 2 is 1.62 bits per heavy atom. The van der Waals surface area contributed by atoms with Gasteiger partial charge in [0.25, 0.3) is 12.6 Å². The van der Waals surface area contributed by atoms with E-state index >= 15 is 0 Å². The van der Waals surface area contributed by atoms with Gasteiger partial charge in [-0.3, -0.25) is 14.4 Å². The van der Waals surface area contributed by atoms with Gasteiger partial charge in [-0.25, -0.2) is 18.0 Å². The highest BCUT2D eigenvalue weighted by Crippen LogP contribution is 2.05. The number of ether oxygens (including phenoxy) is 1. The molecule has 0 bridgehead atoms. The number of ketones is 2. The van der Waals surface area contributed by atoms with Gasteiger partial charge in [-0.1, -0.05) is 0 Å². The van der Waals surface area contributed by atoms with Crippen LogP contribution in [0.25, 0.3) is 0 Å². The molecule has 0 fully saturated rings. The summed E-state index contributed by atoms with van der Waals surface area (Å²) in [7, 11) is 0. The summed E-state index contributed by atoms with van der Waals surface area (Å²) in [5, 5.41) is 0. The summed E-state index contributed by atoms with van der Waals surface area (Å²) < 4.78 is 39.6. The van der Waals surface area contributed by atoms with E-state index < -0.39 is 42.5 Å². The van der Waals surface area contributed by atoms with Gasteiger partial charge in [0.05, 0.1) is 0 Å². The smallest absolute Gasteiger partial charge is 0.356 e. The van der Waals surface area contributed by atoms with Crippen LogP contribution in [0.1, 0.15) is 13.3 Å². The largest absolute Gasteiger partial charge is 0.390 e. The van der Waals surface area contributed by atoms with E-state index in [0.29, 0.717) is 0 Å². The van der Waals surface area contributed by atoms with Crippen molar-refractivity contribution in [3.05, 3.63) is 0 Å². The Labute approximate surface area is 87.6 Å². The fourth-order valence-corrected chi connectivity index (χ4v) is 0.630. The number of alkyl halides is 3. The second kappa shape index (κ2) is 5.99. The summed E-state index contributed by atoms with van der Waals surface area (Å²) in [6, 6.07) is 0. The minimum absolute atomic E-state index is 0.659. The van der Waals surface area contributed by atoms with E-state index in [9.17, 15) is 32.3 Å². The number of halogens is 3. The molecule has 0 saturated carbocycles. The zero-order valence-electron chi connectivity index (χ0n) is 8.04. The van der Waals surface area contributed by atoms with Gasteiger partial charge in [-0.05, 0) is 6.92 Å². The Morgan fingerprint density at radius 1 is 1.12 bits per heavy atom. The molecule has 0 saturated heterocycles. The third-order valence-corrected chi connectivity index (χ3v) is 1.28. The molecule has 90 valence electrons. The minimum atomic E-state index is -3.68. The highest BCUT2D eigenvalue weighted by Gasteiger charge is 2.35. The van der Waals surface area contributed by atoms with Crippen molar-refractivity contribution in [1.82, 2.24) is 0 Å². The van der Waals surface area contributed by atoms with E-state index in [0.717, 1.165) is 6.92 Å². The number of rotatable bonds is 5. The third kappa shape index (κ3) is 4.67. The minimum Gasteiger partial charge on any atom is -0.390 e. The Kier molecular flexibility index (Phi) is 5.34. The highest BCUT2D eigenvalue weighted by atomic mass is 19.3. The third-order valence-electron chi connectivity index (χ3n) is 1.28. The number of hydrogen-bond donors (Lipinski definition) is 0. The van der Waals surface area contributed by atoms with E-state index in [1.54, 1.807) is 0 Å². The molecule has 0 spiro atoms. The second-order valence-electron chi connectivity index (χ2n) is 2.74. The van der Waals surface area contributed by atoms with Gasteiger partial charge in [-0.15, -0.1) is 0 Å². The van der Waals surface area contributed by atoms with E-state index in [1.807, 2.05) is 0 Å². The van der Waals surface area contributed by atoms with Crippen LogP contribution in [-0.4, -0.2) is 36.1 Å². The molecule has 1 atom stereocenters. The van der Waals surface area contributed by atoms with Crippen molar-refractivity contribution in [2.24, 2.45) is 0 Å². The van der Waals surface area contributed by atoms with Crippen LogP contribution in [0.4, 0.5) is 13.2 Å². The van der Waals surface area contributed by atoms with Gasteiger partial charge in [0.2, 0.25) is 5.78 Å². The first kappa shape index (κ1) is 14.3. The van der Waals surface area contributed by atoms with Gasteiger partial charge in [0, 0.05) is 0 Å². The zero-order valence-corrected chi connectivity index (χ0v) is 8.04. The quantitative estimate of drug-likeness (QED) is 0.507. The summed E-state index contributed by atoms with van der Waals surface area (Å²) in [6.07, 6.45) is -7.71. The van der Waals surface area contributed by atoms with Crippen LogP contribution in [0.5, 0.6) is 0 Å². The fraction of sp³-hybridized carbons (Fsp3) is 0.500. The number of carbonyl (C=O) groups excluding carboxylic acids is 4. The van der Waals surface area contributed by atoms with Crippen LogP contribution >= 0.6 is 0 Å². The maximum Gasteiger partial charge on any atom is 0.356 e. The maximum absolute atomic E-state index is 12.6.